The predicted molar refractivity (Wildman–Crippen MR) is 96.5 cm³/mol. The first-order valence-electron chi connectivity index (χ1n) is 7.75. The SMILES string of the molecule is Cc1cc(C#N)ccc1C(=O)N1CCCC=C2C=CN(C)C=C21.Cl. The van der Waals surface area contributed by atoms with Crippen LogP contribution in [0.5, 0.6) is 0 Å². The van der Waals surface area contributed by atoms with E-state index in [4.69, 9.17) is 5.26 Å². The molecule has 124 valence electrons. The van der Waals surface area contributed by atoms with Gasteiger partial charge in [0.2, 0.25) is 0 Å². The van der Waals surface area contributed by atoms with E-state index in [1.165, 1.54) is 0 Å². The van der Waals surface area contributed by atoms with Crippen molar-refractivity contribution >= 4 is 18.3 Å². The van der Waals surface area contributed by atoms with Crippen LogP contribution in [0.3, 0.4) is 0 Å². The summed E-state index contributed by atoms with van der Waals surface area (Å²) in [6.07, 6.45) is 10.1. The summed E-state index contributed by atoms with van der Waals surface area (Å²) in [6.45, 7) is 2.58. The lowest BCUT2D eigenvalue weighted by Crippen LogP contribution is -2.33. The summed E-state index contributed by atoms with van der Waals surface area (Å²) in [7, 11) is 1.96. The van der Waals surface area contributed by atoms with Crippen LogP contribution >= 0.6 is 12.4 Å². The number of carbonyl (C=O) groups excluding carboxylic acids is 1. The van der Waals surface area contributed by atoms with Gasteiger partial charge in [-0.2, -0.15) is 5.26 Å². The molecule has 0 radical (unpaired) electrons. The maximum atomic E-state index is 13.1. The fraction of sp³-hybridized carbons (Fsp3) is 0.263. The maximum absolute atomic E-state index is 13.1. The summed E-state index contributed by atoms with van der Waals surface area (Å²) in [4.78, 5) is 16.9. The summed E-state index contributed by atoms with van der Waals surface area (Å²) in [6, 6.07) is 7.34. The lowest BCUT2D eigenvalue weighted by molar-refractivity contribution is 0.0807. The van der Waals surface area contributed by atoms with Crippen LogP contribution in [0.1, 0.15) is 34.3 Å². The molecule has 2 aliphatic rings. The van der Waals surface area contributed by atoms with E-state index in [1.54, 1.807) is 18.2 Å². The number of nitrogens with zero attached hydrogens (tertiary/aromatic N) is 3. The molecule has 0 aromatic heterocycles. The van der Waals surface area contributed by atoms with Crippen molar-refractivity contribution in [1.82, 2.24) is 9.80 Å². The molecule has 5 heteroatoms. The summed E-state index contributed by atoms with van der Waals surface area (Å²) in [5.74, 6) is -0.00487. The van der Waals surface area contributed by atoms with Crippen molar-refractivity contribution in [2.24, 2.45) is 0 Å². The third-order valence-electron chi connectivity index (χ3n) is 4.18. The van der Waals surface area contributed by atoms with E-state index in [9.17, 15) is 4.79 Å². The number of hydrogen-bond donors (Lipinski definition) is 0. The first-order chi connectivity index (χ1) is 11.1. The highest BCUT2D eigenvalue weighted by atomic mass is 35.5. The fourth-order valence-corrected chi connectivity index (χ4v) is 2.95. The van der Waals surface area contributed by atoms with Gasteiger partial charge in [0.15, 0.2) is 0 Å². The topological polar surface area (TPSA) is 47.3 Å². The maximum Gasteiger partial charge on any atom is 0.258 e. The zero-order valence-electron chi connectivity index (χ0n) is 13.8. The lowest BCUT2D eigenvalue weighted by atomic mass is 10.0. The first kappa shape index (κ1) is 17.8. The minimum atomic E-state index is -0.00487. The van der Waals surface area contributed by atoms with Crippen molar-refractivity contribution in [3.05, 3.63) is 70.7 Å². The molecule has 0 atom stereocenters. The minimum Gasteiger partial charge on any atom is -0.355 e. The van der Waals surface area contributed by atoms with Gasteiger partial charge in [0.1, 0.15) is 0 Å². The quantitative estimate of drug-likeness (QED) is 0.781. The van der Waals surface area contributed by atoms with Gasteiger partial charge in [0.25, 0.3) is 5.91 Å². The van der Waals surface area contributed by atoms with Crippen molar-refractivity contribution in [2.75, 3.05) is 13.6 Å². The molecule has 2 heterocycles. The molecule has 2 aliphatic heterocycles. The van der Waals surface area contributed by atoms with E-state index >= 15 is 0 Å². The minimum absolute atomic E-state index is 0. The van der Waals surface area contributed by atoms with Crippen LogP contribution in [0.15, 0.2) is 54.0 Å². The number of amides is 1. The van der Waals surface area contributed by atoms with Crippen LogP contribution in [-0.2, 0) is 0 Å². The molecule has 1 aromatic rings. The number of carbonyl (C=O) groups is 1. The molecule has 1 amide bonds. The van der Waals surface area contributed by atoms with Gasteiger partial charge in [-0.1, -0.05) is 6.08 Å². The molecule has 0 unspecified atom stereocenters. The van der Waals surface area contributed by atoms with Crippen molar-refractivity contribution in [3.8, 4) is 6.07 Å². The average molecular weight is 342 g/mol. The Morgan fingerprint density at radius 2 is 2.12 bits per heavy atom. The van der Waals surface area contributed by atoms with E-state index < -0.39 is 0 Å². The second-order valence-corrected chi connectivity index (χ2v) is 5.90. The van der Waals surface area contributed by atoms with E-state index in [-0.39, 0.29) is 18.3 Å². The molecule has 1 aromatic carbocycles. The van der Waals surface area contributed by atoms with Crippen LogP contribution < -0.4 is 0 Å². The molecule has 0 spiro atoms. The van der Waals surface area contributed by atoms with E-state index in [0.717, 1.165) is 29.7 Å². The molecule has 0 fully saturated rings. The van der Waals surface area contributed by atoms with Crippen LogP contribution in [-0.4, -0.2) is 29.3 Å². The lowest BCUT2D eigenvalue weighted by Gasteiger charge is -2.29. The van der Waals surface area contributed by atoms with Gasteiger partial charge in [-0.25, -0.2) is 0 Å². The van der Waals surface area contributed by atoms with Crippen LogP contribution in [0.2, 0.25) is 0 Å². The molecule has 24 heavy (non-hydrogen) atoms. The van der Waals surface area contributed by atoms with Gasteiger partial charge < -0.3 is 9.80 Å². The summed E-state index contributed by atoms with van der Waals surface area (Å²) >= 11 is 0. The molecular weight excluding hydrogens is 322 g/mol. The molecule has 0 bridgehead atoms. The third-order valence-corrected chi connectivity index (χ3v) is 4.18. The smallest absolute Gasteiger partial charge is 0.258 e. The van der Waals surface area contributed by atoms with Crippen molar-refractivity contribution in [1.29, 1.82) is 5.26 Å². The van der Waals surface area contributed by atoms with Gasteiger partial charge >= 0.3 is 0 Å². The molecular formula is C19H20ClN3O. The Morgan fingerprint density at radius 1 is 1.33 bits per heavy atom. The Morgan fingerprint density at radius 3 is 2.83 bits per heavy atom. The van der Waals surface area contributed by atoms with Crippen LogP contribution in [0.4, 0.5) is 0 Å². The molecule has 0 saturated heterocycles. The molecule has 3 rings (SSSR count). The second kappa shape index (κ2) is 7.37. The third kappa shape index (κ3) is 3.37. The number of rotatable bonds is 1. The molecule has 0 N–H and O–H groups in total. The van der Waals surface area contributed by atoms with Crippen LogP contribution in [0.25, 0.3) is 0 Å². The van der Waals surface area contributed by atoms with Crippen LogP contribution in [0, 0.1) is 18.3 Å². The Labute approximate surface area is 148 Å². The van der Waals surface area contributed by atoms with Gasteiger partial charge in [-0.15, -0.1) is 12.4 Å². The number of allylic oxidation sites excluding steroid dienone is 2. The van der Waals surface area contributed by atoms with Gasteiger partial charge in [-0.05, 0) is 55.2 Å². The van der Waals surface area contributed by atoms with Crippen molar-refractivity contribution in [3.63, 3.8) is 0 Å². The van der Waals surface area contributed by atoms with E-state index in [2.05, 4.69) is 12.1 Å². The number of hydrogen-bond acceptors (Lipinski definition) is 3. The predicted octanol–water partition coefficient (Wildman–Crippen LogP) is 3.75. The normalized spacial score (nSPS) is 16.2. The van der Waals surface area contributed by atoms with E-state index in [0.29, 0.717) is 17.7 Å². The highest BCUT2D eigenvalue weighted by Gasteiger charge is 2.25. The zero-order chi connectivity index (χ0) is 16.4. The Bertz CT molecular complexity index is 786. The molecule has 0 saturated carbocycles. The summed E-state index contributed by atoms with van der Waals surface area (Å²) < 4.78 is 0. The number of aryl methyl sites for hydroxylation is 1. The van der Waals surface area contributed by atoms with Crippen molar-refractivity contribution in [2.45, 2.75) is 19.8 Å². The Balaban J connectivity index is 0.00000208. The summed E-state index contributed by atoms with van der Waals surface area (Å²) in [5, 5.41) is 8.99. The largest absolute Gasteiger partial charge is 0.355 e. The highest BCUT2D eigenvalue weighted by molar-refractivity contribution is 5.97. The number of benzene rings is 1. The first-order valence-corrected chi connectivity index (χ1v) is 7.75. The average Bonchev–Trinajstić information content (AvgIpc) is 2.76. The standard InChI is InChI=1S/C19H19N3O.ClH/c1-14-11-15(12-20)6-7-17(14)19(23)22-9-4-3-5-16-8-10-21(2)13-18(16)22;/h5-8,10-11,13H,3-4,9H2,1-2H3;1H. The fourth-order valence-electron chi connectivity index (χ4n) is 2.95. The highest BCUT2D eigenvalue weighted by Crippen LogP contribution is 2.28. The number of fused-ring (bicyclic) bond motifs is 1. The number of halogens is 1. The van der Waals surface area contributed by atoms with Gasteiger partial charge in [0.05, 0.1) is 17.3 Å². The Hall–Kier alpha value is -2.51. The Kier molecular flexibility index (Phi) is 5.48. The van der Waals surface area contributed by atoms with Crippen molar-refractivity contribution < 1.29 is 4.79 Å². The number of nitriles is 1. The molecule has 4 nitrogen and oxygen atoms in total. The summed E-state index contributed by atoms with van der Waals surface area (Å²) in [5.41, 5.74) is 4.11. The van der Waals surface area contributed by atoms with Gasteiger partial charge in [0, 0.05) is 31.6 Å². The van der Waals surface area contributed by atoms with Gasteiger partial charge in [-0.3, -0.25) is 4.79 Å². The molecule has 0 aliphatic carbocycles. The monoisotopic (exact) mass is 341 g/mol. The zero-order valence-corrected chi connectivity index (χ0v) is 14.6. The second-order valence-electron chi connectivity index (χ2n) is 5.90. The van der Waals surface area contributed by atoms with E-state index in [1.807, 2.05) is 42.2 Å².